The molecule has 176 valence electrons. The second-order valence-electron chi connectivity index (χ2n) is 10.4. The fraction of sp³-hybridized carbons (Fsp3) is 0.500. The van der Waals surface area contributed by atoms with Crippen LogP contribution in [0.4, 0.5) is 0 Å². The summed E-state index contributed by atoms with van der Waals surface area (Å²) in [6.45, 7) is 5.90. The van der Waals surface area contributed by atoms with Crippen molar-refractivity contribution < 1.29 is 9.53 Å². The molecule has 3 aliphatic rings. The van der Waals surface area contributed by atoms with Gasteiger partial charge in [-0.3, -0.25) is 4.79 Å². The number of hydrogen-bond acceptors (Lipinski definition) is 3. The van der Waals surface area contributed by atoms with Crippen molar-refractivity contribution in [1.82, 2.24) is 4.90 Å². The van der Waals surface area contributed by atoms with Crippen LogP contribution in [0.2, 0.25) is 0 Å². The Morgan fingerprint density at radius 3 is 2.36 bits per heavy atom. The minimum Gasteiger partial charge on any atom is -0.458 e. The fourth-order valence-corrected chi connectivity index (χ4v) is 5.59. The number of ether oxygens (including phenoxy) is 1. The van der Waals surface area contributed by atoms with Crippen molar-refractivity contribution >= 4 is 11.5 Å². The summed E-state index contributed by atoms with van der Waals surface area (Å²) in [5.41, 5.74) is 3.82. The van der Waals surface area contributed by atoms with E-state index in [0.717, 1.165) is 45.2 Å². The van der Waals surface area contributed by atoms with Crippen LogP contribution in [0.1, 0.15) is 57.1 Å². The van der Waals surface area contributed by atoms with Gasteiger partial charge in [0.05, 0.1) is 5.92 Å². The Hall–Kier alpha value is -2.39. The summed E-state index contributed by atoms with van der Waals surface area (Å²) in [7, 11) is 2.20. The second kappa shape index (κ2) is 10.7. The summed E-state index contributed by atoms with van der Waals surface area (Å²) in [4.78, 5) is 15.2. The first kappa shape index (κ1) is 23.8. The van der Waals surface area contributed by atoms with Crippen LogP contribution in [0.5, 0.6) is 0 Å². The predicted molar refractivity (Wildman–Crippen MR) is 136 cm³/mol. The monoisotopic (exact) mass is 445 g/mol. The van der Waals surface area contributed by atoms with Crippen LogP contribution in [-0.2, 0) is 16.0 Å². The molecule has 2 aromatic rings. The normalized spacial score (nSPS) is 24.2. The Bertz CT molecular complexity index is 936. The molecular weight excluding hydrogens is 406 g/mol. The molecule has 3 nitrogen and oxygen atoms in total. The van der Waals surface area contributed by atoms with E-state index in [0.29, 0.717) is 11.8 Å². The highest BCUT2D eigenvalue weighted by Crippen LogP contribution is 2.53. The molecule has 33 heavy (non-hydrogen) atoms. The standard InChI is InChI=1S/C30H39NO2/c1-23(2)29(32)33-30(18-20-31(3)19-10-13-24-11-6-4-7-12-24)22-26-16-17-27(30)21-28(26)25-14-8-5-9-15-25/h4-9,11-12,14-15,21,23,26-27H,10,13,16-20,22H2,1-3H3. The van der Waals surface area contributed by atoms with Crippen LogP contribution >= 0.6 is 0 Å². The molecule has 1 saturated carbocycles. The van der Waals surface area contributed by atoms with Gasteiger partial charge in [-0.25, -0.2) is 0 Å². The lowest BCUT2D eigenvalue weighted by atomic mass is 9.60. The highest BCUT2D eigenvalue weighted by atomic mass is 16.6. The SMILES string of the molecule is CC(C)C(=O)OC1(CCN(C)CCCc2ccccc2)CC2CCC1C=C2c1ccccc1. The quantitative estimate of drug-likeness (QED) is 0.397. The van der Waals surface area contributed by atoms with Crippen LogP contribution < -0.4 is 0 Å². The molecule has 0 N–H and O–H groups in total. The number of rotatable bonds is 10. The Kier molecular flexibility index (Phi) is 7.70. The molecule has 1 fully saturated rings. The maximum Gasteiger partial charge on any atom is 0.308 e. The molecule has 0 amide bonds. The van der Waals surface area contributed by atoms with Crippen molar-refractivity contribution in [3.05, 3.63) is 77.9 Å². The van der Waals surface area contributed by atoms with Crippen molar-refractivity contribution in [2.45, 2.75) is 58.0 Å². The summed E-state index contributed by atoms with van der Waals surface area (Å²) in [6.07, 6.45) is 8.86. The van der Waals surface area contributed by atoms with Crippen molar-refractivity contribution in [2.75, 3.05) is 20.1 Å². The third-order valence-electron chi connectivity index (χ3n) is 7.56. The van der Waals surface area contributed by atoms with Crippen molar-refractivity contribution in [3.8, 4) is 0 Å². The highest BCUT2D eigenvalue weighted by molar-refractivity contribution is 5.73. The van der Waals surface area contributed by atoms with Gasteiger partial charge < -0.3 is 9.64 Å². The molecule has 0 saturated heterocycles. The number of hydrogen-bond donors (Lipinski definition) is 0. The Morgan fingerprint density at radius 2 is 1.73 bits per heavy atom. The molecule has 3 unspecified atom stereocenters. The first-order chi connectivity index (χ1) is 16.0. The molecule has 5 rings (SSSR count). The van der Waals surface area contributed by atoms with Gasteiger partial charge in [0.25, 0.3) is 0 Å². The van der Waals surface area contributed by atoms with Crippen LogP contribution in [0.25, 0.3) is 5.57 Å². The van der Waals surface area contributed by atoms with E-state index in [-0.39, 0.29) is 17.5 Å². The zero-order valence-corrected chi connectivity index (χ0v) is 20.5. The molecule has 0 heterocycles. The number of benzene rings is 2. The highest BCUT2D eigenvalue weighted by Gasteiger charge is 2.50. The molecule has 2 aromatic carbocycles. The summed E-state index contributed by atoms with van der Waals surface area (Å²) >= 11 is 0. The van der Waals surface area contributed by atoms with E-state index in [1.807, 2.05) is 13.8 Å². The first-order valence-corrected chi connectivity index (χ1v) is 12.7. The van der Waals surface area contributed by atoms with E-state index in [2.05, 4.69) is 78.7 Å². The number of nitrogens with zero attached hydrogens (tertiary/aromatic N) is 1. The molecule has 3 atom stereocenters. The van der Waals surface area contributed by atoms with Crippen molar-refractivity contribution in [1.29, 1.82) is 0 Å². The lowest BCUT2D eigenvalue weighted by molar-refractivity contribution is -0.176. The number of esters is 1. The fourth-order valence-electron chi connectivity index (χ4n) is 5.59. The molecule has 0 spiro atoms. The van der Waals surface area contributed by atoms with E-state index < -0.39 is 0 Å². The van der Waals surface area contributed by atoms with Gasteiger partial charge in [-0.05, 0) is 68.3 Å². The van der Waals surface area contributed by atoms with Crippen LogP contribution in [0.3, 0.4) is 0 Å². The van der Waals surface area contributed by atoms with Gasteiger partial charge in [0.1, 0.15) is 5.60 Å². The second-order valence-corrected chi connectivity index (χ2v) is 10.4. The number of allylic oxidation sites excluding steroid dienone is 1. The van der Waals surface area contributed by atoms with E-state index in [9.17, 15) is 4.79 Å². The van der Waals surface area contributed by atoms with E-state index in [1.165, 1.54) is 23.1 Å². The Morgan fingerprint density at radius 1 is 1.03 bits per heavy atom. The van der Waals surface area contributed by atoms with Crippen molar-refractivity contribution in [2.24, 2.45) is 17.8 Å². The van der Waals surface area contributed by atoms with Gasteiger partial charge in [0.15, 0.2) is 0 Å². The molecule has 0 aromatic heterocycles. The van der Waals surface area contributed by atoms with Crippen molar-refractivity contribution in [3.63, 3.8) is 0 Å². The molecule has 3 aliphatic carbocycles. The lowest BCUT2D eigenvalue weighted by Crippen LogP contribution is -2.51. The van der Waals surface area contributed by atoms with Gasteiger partial charge in [-0.2, -0.15) is 0 Å². The van der Waals surface area contributed by atoms with E-state index >= 15 is 0 Å². The zero-order chi connectivity index (χ0) is 23.3. The average Bonchev–Trinajstić information content (AvgIpc) is 2.84. The Labute approximate surface area is 199 Å². The van der Waals surface area contributed by atoms with E-state index in [4.69, 9.17) is 4.74 Å². The van der Waals surface area contributed by atoms with E-state index in [1.54, 1.807) is 0 Å². The maximum atomic E-state index is 12.8. The topological polar surface area (TPSA) is 29.5 Å². The maximum absolute atomic E-state index is 12.8. The molecule has 2 bridgehead atoms. The molecule has 0 radical (unpaired) electrons. The summed E-state index contributed by atoms with van der Waals surface area (Å²) in [5, 5.41) is 0. The lowest BCUT2D eigenvalue weighted by Gasteiger charge is -2.50. The zero-order valence-electron chi connectivity index (χ0n) is 20.5. The van der Waals surface area contributed by atoms with Gasteiger partial charge in [0.2, 0.25) is 0 Å². The molecule has 0 aliphatic heterocycles. The van der Waals surface area contributed by atoms with Crippen LogP contribution in [0, 0.1) is 17.8 Å². The number of aryl methyl sites for hydroxylation is 1. The minimum absolute atomic E-state index is 0.0519. The molecule has 3 heteroatoms. The number of fused-ring (bicyclic) bond motifs is 2. The molecular formula is C30H39NO2. The summed E-state index contributed by atoms with van der Waals surface area (Å²) in [6, 6.07) is 21.5. The first-order valence-electron chi connectivity index (χ1n) is 12.7. The van der Waals surface area contributed by atoms with Gasteiger partial charge in [-0.15, -0.1) is 0 Å². The van der Waals surface area contributed by atoms with Gasteiger partial charge >= 0.3 is 5.97 Å². The Balaban J connectivity index is 1.43. The average molecular weight is 446 g/mol. The largest absolute Gasteiger partial charge is 0.458 e. The van der Waals surface area contributed by atoms with Crippen LogP contribution in [0.15, 0.2) is 66.7 Å². The summed E-state index contributed by atoms with van der Waals surface area (Å²) < 4.78 is 6.37. The third-order valence-corrected chi connectivity index (χ3v) is 7.56. The number of carbonyl (C=O) groups excluding carboxylic acids is 1. The number of carbonyl (C=O) groups is 1. The smallest absolute Gasteiger partial charge is 0.308 e. The van der Waals surface area contributed by atoms with Crippen LogP contribution in [-0.4, -0.2) is 36.6 Å². The van der Waals surface area contributed by atoms with Gasteiger partial charge in [0, 0.05) is 18.9 Å². The minimum atomic E-state index is -0.365. The van der Waals surface area contributed by atoms with Gasteiger partial charge in [-0.1, -0.05) is 80.6 Å². The predicted octanol–water partition coefficient (Wildman–Crippen LogP) is 6.39. The third kappa shape index (κ3) is 5.76. The summed E-state index contributed by atoms with van der Waals surface area (Å²) in [5.74, 6) is 0.631.